The van der Waals surface area contributed by atoms with E-state index in [1.54, 1.807) is 0 Å². The number of fused-ring (bicyclic) bond motifs is 2. The minimum Gasteiger partial charge on any atom is -0.392 e. The molecular weight excluding hydrogens is 343 g/mol. The maximum atomic E-state index is 15.6. The molecule has 4 heteroatoms. The molecule has 1 saturated heterocycles. The van der Waals surface area contributed by atoms with E-state index in [0.717, 1.165) is 22.3 Å². The van der Waals surface area contributed by atoms with Gasteiger partial charge < -0.3 is 4.74 Å². The average molecular weight is 360 g/mol. The molecule has 0 spiro atoms. The number of halogens is 1. The molecule has 2 saturated carbocycles. The van der Waals surface area contributed by atoms with E-state index in [0.29, 0.717) is 12.8 Å². The normalized spacial score (nSPS) is 44.6. The minimum atomic E-state index is -1.12. The molecule has 1 heterocycles. The van der Waals surface area contributed by atoms with E-state index in [4.69, 9.17) is 4.74 Å². The van der Waals surface area contributed by atoms with E-state index >= 15 is 4.39 Å². The second-order valence-electron chi connectivity index (χ2n) is 8.77. The van der Waals surface area contributed by atoms with Crippen LogP contribution in [0.5, 0.6) is 0 Å². The highest BCUT2D eigenvalue weighted by Crippen LogP contribution is 2.84. The molecule has 27 heavy (non-hydrogen) atoms. The van der Waals surface area contributed by atoms with Crippen LogP contribution >= 0.6 is 0 Å². The number of cyclic esters (lactones) is 2. The first kappa shape index (κ1) is 14.6. The third-order valence-electron chi connectivity index (χ3n) is 8.42. The molecule has 0 aromatic heterocycles. The lowest BCUT2D eigenvalue weighted by atomic mass is 9.38. The van der Waals surface area contributed by atoms with E-state index < -0.39 is 40.8 Å². The van der Waals surface area contributed by atoms with E-state index in [1.165, 1.54) is 0 Å². The van der Waals surface area contributed by atoms with Gasteiger partial charge in [-0.25, -0.2) is 4.39 Å². The van der Waals surface area contributed by atoms with Crippen molar-refractivity contribution >= 4 is 11.9 Å². The van der Waals surface area contributed by atoms with Crippen LogP contribution in [0.2, 0.25) is 0 Å². The first-order chi connectivity index (χ1) is 13.1. The fraction of sp³-hybridized carbons (Fsp3) is 0.391. The van der Waals surface area contributed by atoms with Crippen molar-refractivity contribution < 1.29 is 18.7 Å². The van der Waals surface area contributed by atoms with E-state index in [2.05, 4.69) is 24.3 Å². The van der Waals surface area contributed by atoms with Crippen molar-refractivity contribution in [1.82, 2.24) is 0 Å². The average Bonchev–Trinajstić information content (AvgIpc) is 3.27. The topological polar surface area (TPSA) is 43.4 Å². The van der Waals surface area contributed by atoms with Crippen LogP contribution in [0.3, 0.4) is 0 Å². The lowest BCUT2D eigenvalue weighted by Gasteiger charge is -2.59. The molecule has 4 atom stereocenters. The zero-order valence-corrected chi connectivity index (χ0v) is 14.5. The van der Waals surface area contributed by atoms with Gasteiger partial charge in [0.2, 0.25) is 0 Å². The van der Waals surface area contributed by atoms with Crippen LogP contribution in [0.25, 0.3) is 0 Å². The second-order valence-corrected chi connectivity index (χ2v) is 8.77. The summed E-state index contributed by atoms with van der Waals surface area (Å²) in [5.41, 5.74) is 2.12. The smallest absolute Gasteiger partial charge is 0.322 e. The monoisotopic (exact) mass is 360 g/mol. The maximum Gasteiger partial charge on any atom is 0.322 e. The van der Waals surface area contributed by atoms with E-state index in [9.17, 15) is 9.59 Å². The molecule has 1 aliphatic heterocycles. The van der Waals surface area contributed by atoms with Gasteiger partial charge in [0.15, 0.2) is 0 Å². The van der Waals surface area contributed by atoms with Gasteiger partial charge in [0, 0.05) is 23.7 Å². The third kappa shape index (κ3) is 1.14. The van der Waals surface area contributed by atoms with Crippen LogP contribution in [0.15, 0.2) is 48.5 Å². The molecule has 5 aliphatic carbocycles. The lowest BCUT2D eigenvalue weighted by molar-refractivity contribution is -0.158. The van der Waals surface area contributed by atoms with E-state index in [-0.39, 0.29) is 11.8 Å². The second kappa shape index (κ2) is 4.16. The van der Waals surface area contributed by atoms with Crippen molar-refractivity contribution in [2.45, 2.75) is 30.8 Å². The number of alkyl halides is 1. The van der Waals surface area contributed by atoms with Gasteiger partial charge >= 0.3 is 11.9 Å². The Morgan fingerprint density at radius 3 is 1.48 bits per heavy atom. The summed E-state index contributed by atoms with van der Waals surface area (Å²) in [6.45, 7) is 0. The highest BCUT2D eigenvalue weighted by Gasteiger charge is 2.89. The summed E-state index contributed by atoms with van der Waals surface area (Å²) in [4.78, 5) is 26.7. The molecule has 4 bridgehead atoms. The first-order valence-corrected chi connectivity index (χ1v) is 9.73. The number of esters is 2. The lowest BCUT2D eigenvalue weighted by Crippen LogP contribution is -2.61. The van der Waals surface area contributed by atoms with Crippen LogP contribution in [0.1, 0.15) is 46.9 Å². The number of hydrogen-bond acceptors (Lipinski definition) is 3. The molecule has 0 amide bonds. The molecule has 4 unspecified atom stereocenters. The van der Waals surface area contributed by atoms with Crippen LogP contribution in [0, 0.1) is 22.7 Å². The van der Waals surface area contributed by atoms with Gasteiger partial charge in [0.1, 0.15) is 17.0 Å². The number of hydrogen-bond donors (Lipinski definition) is 0. The molecule has 0 N–H and O–H groups in total. The number of benzene rings is 2. The highest BCUT2D eigenvalue weighted by atomic mass is 19.1. The highest BCUT2D eigenvalue weighted by molar-refractivity contribution is 6.07. The Morgan fingerprint density at radius 2 is 1.11 bits per heavy atom. The van der Waals surface area contributed by atoms with Gasteiger partial charge in [-0.3, -0.25) is 9.59 Å². The Kier molecular flexibility index (Phi) is 2.24. The molecule has 2 aromatic carbocycles. The van der Waals surface area contributed by atoms with Crippen molar-refractivity contribution in [2.75, 3.05) is 0 Å². The van der Waals surface area contributed by atoms with Gasteiger partial charge in [0.25, 0.3) is 0 Å². The Balaban J connectivity index is 1.71. The summed E-state index contributed by atoms with van der Waals surface area (Å²) in [6, 6.07) is 16.1. The molecule has 0 radical (unpaired) electrons. The Morgan fingerprint density at radius 1 is 0.741 bits per heavy atom. The van der Waals surface area contributed by atoms with Gasteiger partial charge in [-0.1, -0.05) is 48.5 Å². The summed E-state index contributed by atoms with van der Waals surface area (Å²) in [6.07, 6.45) is 0.197. The molecule has 6 aliphatic rings. The van der Waals surface area contributed by atoms with Gasteiger partial charge in [-0.2, -0.15) is 0 Å². The zero-order valence-electron chi connectivity index (χ0n) is 14.5. The number of carbonyl (C=O) groups is 2. The molecule has 3 fully saturated rings. The summed E-state index contributed by atoms with van der Waals surface area (Å²) in [5, 5.41) is 0. The summed E-state index contributed by atoms with van der Waals surface area (Å²) in [5.74, 6) is -2.45. The van der Waals surface area contributed by atoms with Crippen LogP contribution in [0.4, 0.5) is 4.39 Å². The standard InChI is InChI=1S/C23H17FO3/c24-19-15-9-10-16(19)23-18-12-6-2-1-5-11(12)17(13-7-3-4-8-14(13)18)22(15,23)20(25)27-21(23)26/h1-8,15-19H,9-10H2. The Bertz CT molecular complexity index is 947. The van der Waals surface area contributed by atoms with Crippen molar-refractivity contribution in [3.63, 3.8) is 0 Å². The predicted octanol–water partition coefficient (Wildman–Crippen LogP) is 3.71. The molecular formula is C23H17FO3. The maximum absolute atomic E-state index is 15.6. The fourth-order valence-corrected chi connectivity index (χ4v) is 7.95. The largest absolute Gasteiger partial charge is 0.392 e. The van der Waals surface area contributed by atoms with Gasteiger partial charge in [-0.05, 0) is 35.1 Å². The van der Waals surface area contributed by atoms with E-state index in [1.807, 2.05) is 24.3 Å². The van der Waals surface area contributed by atoms with Gasteiger partial charge in [-0.15, -0.1) is 0 Å². The fourth-order valence-electron chi connectivity index (χ4n) is 7.95. The molecule has 3 nitrogen and oxygen atoms in total. The summed E-state index contributed by atoms with van der Waals surface area (Å²) < 4.78 is 21.0. The van der Waals surface area contributed by atoms with Gasteiger partial charge in [0.05, 0.1) is 0 Å². The SMILES string of the molecule is O=C1OC(=O)C23C4c5ccccc5C(c5ccccc54)C12C1CCC3C1F. The zero-order chi connectivity index (χ0) is 18.1. The summed E-state index contributed by atoms with van der Waals surface area (Å²) in [7, 11) is 0. The van der Waals surface area contributed by atoms with Crippen molar-refractivity contribution in [2.24, 2.45) is 22.7 Å². The number of ether oxygens (including phenoxy) is 1. The van der Waals surface area contributed by atoms with Crippen molar-refractivity contribution in [3.05, 3.63) is 70.8 Å². The quantitative estimate of drug-likeness (QED) is 0.531. The van der Waals surface area contributed by atoms with Crippen LogP contribution in [-0.4, -0.2) is 18.1 Å². The Hall–Kier alpha value is -2.49. The van der Waals surface area contributed by atoms with Crippen LogP contribution in [-0.2, 0) is 14.3 Å². The number of carbonyl (C=O) groups excluding carboxylic acids is 2. The first-order valence-electron chi connectivity index (χ1n) is 9.73. The third-order valence-corrected chi connectivity index (χ3v) is 8.42. The number of rotatable bonds is 0. The molecule has 8 rings (SSSR count). The molecule has 2 aromatic rings. The Labute approximate surface area is 155 Å². The molecule has 134 valence electrons. The van der Waals surface area contributed by atoms with Crippen LogP contribution < -0.4 is 0 Å². The summed E-state index contributed by atoms with van der Waals surface area (Å²) >= 11 is 0. The van der Waals surface area contributed by atoms with Crippen molar-refractivity contribution in [3.8, 4) is 0 Å². The predicted molar refractivity (Wildman–Crippen MR) is 93.6 cm³/mol. The van der Waals surface area contributed by atoms with Crippen molar-refractivity contribution in [1.29, 1.82) is 0 Å². The minimum absolute atomic E-state index is 0.303.